The number of nitrogens with one attached hydrogen (secondary N) is 1. The van der Waals surface area contributed by atoms with Crippen LogP contribution in [0.2, 0.25) is 0 Å². The van der Waals surface area contributed by atoms with Gasteiger partial charge >= 0.3 is 0 Å². The molecule has 1 amide bonds. The van der Waals surface area contributed by atoms with E-state index in [1.165, 1.54) is 6.26 Å². The van der Waals surface area contributed by atoms with Gasteiger partial charge in [0.1, 0.15) is 6.26 Å². The Balaban J connectivity index is 1.65. The number of hydrogen-bond acceptors (Lipinski definition) is 4. The molecular formula is C18H16N2O3. The minimum absolute atomic E-state index is 0.0621. The summed E-state index contributed by atoms with van der Waals surface area (Å²) in [6, 6.07) is 16.6. The molecule has 1 aromatic heterocycles. The summed E-state index contributed by atoms with van der Waals surface area (Å²) in [5.74, 6) is 0.309. The number of aromatic nitrogens is 1. The maximum absolute atomic E-state index is 12.1. The van der Waals surface area contributed by atoms with Gasteiger partial charge < -0.3 is 14.8 Å². The van der Waals surface area contributed by atoms with Gasteiger partial charge in [-0.1, -0.05) is 30.3 Å². The SMILES string of the molecule is O=C(Cc1coc(-c2ccccc2)n1)Nc1cccc(CO)c1. The molecule has 0 atom stereocenters. The molecule has 2 N–H and O–H groups in total. The maximum Gasteiger partial charge on any atom is 0.230 e. The summed E-state index contributed by atoms with van der Waals surface area (Å²) in [4.78, 5) is 16.4. The minimum atomic E-state index is -0.187. The highest BCUT2D eigenvalue weighted by Gasteiger charge is 2.10. The molecule has 0 aliphatic heterocycles. The molecule has 2 aromatic carbocycles. The molecule has 0 aliphatic rings. The van der Waals surface area contributed by atoms with Crippen LogP contribution in [0, 0.1) is 0 Å². The molecule has 5 heteroatoms. The van der Waals surface area contributed by atoms with Gasteiger partial charge in [0.2, 0.25) is 11.8 Å². The molecule has 0 saturated heterocycles. The van der Waals surface area contributed by atoms with Crippen molar-refractivity contribution in [2.45, 2.75) is 13.0 Å². The molecule has 0 saturated carbocycles. The summed E-state index contributed by atoms with van der Waals surface area (Å²) in [5, 5.41) is 11.9. The largest absolute Gasteiger partial charge is 0.444 e. The third-order valence-electron chi connectivity index (χ3n) is 3.31. The van der Waals surface area contributed by atoms with Crippen molar-refractivity contribution in [3.05, 3.63) is 72.1 Å². The number of amides is 1. The Kier molecular flexibility index (Phi) is 4.49. The van der Waals surface area contributed by atoms with Crippen molar-refractivity contribution in [1.82, 2.24) is 4.98 Å². The van der Waals surface area contributed by atoms with Gasteiger partial charge in [0, 0.05) is 11.3 Å². The molecule has 1 heterocycles. The maximum atomic E-state index is 12.1. The molecule has 116 valence electrons. The Labute approximate surface area is 133 Å². The highest BCUT2D eigenvalue weighted by atomic mass is 16.3. The predicted octanol–water partition coefficient (Wildman–Crippen LogP) is 3.02. The van der Waals surface area contributed by atoms with E-state index in [-0.39, 0.29) is 18.9 Å². The highest BCUT2D eigenvalue weighted by molar-refractivity contribution is 5.92. The monoisotopic (exact) mass is 308 g/mol. The van der Waals surface area contributed by atoms with Crippen molar-refractivity contribution in [1.29, 1.82) is 0 Å². The molecule has 23 heavy (non-hydrogen) atoms. The van der Waals surface area contributed by atoms with Crippen molar-refractivity contribution in [2.75, 3.05) is 5.32 Å². The Bertz CT molecular complexity index is 797. The zero-order valence-electron chi connectivity index (χ0n) is 12.4. The Morgan fingerprint density at radius 2 is 1.96 bits per heavy atom. The first-order valence-electron chi connectivity index (χ1n) is 7.24. The third kappa shape index (κ3) is 3.84. The summed E-state index contributed by atoms with van der Waals surface area (Å²) in [7, 11) is 0. The van der Waals surface area contributed by atoms with Crippen LogP contribution in [-0.4, -0.2) is 16.0 Å². The van der Waals surface area contributed by atoms with E-state index in [2.05, 4.69) is 10.3 Å². The average Bonchev–Trinajstić information content (AvgIpc) is 3.04. The summed E-state index contributed by atoms with van der Waals surface area (Å²) < 4.78 is 5.41. The van der Waals surface area contributed by atoms with Crippen LogP contribution in [0.1, 0.15) is 11.3 Å². The van der Waals surface area contributed by atoms with Crippen LogP contribution in [0.25, 0.3) is 11.5 Å². The van der Waals surface area contributed by atoms with E-state index < -0.39 is 0 Å². The number of rotatable bonds is 5. The van der Waals surface area contributed by atoms with E-state index in [9.17, 15) is 4.79 Å². The fraction of sp³-hybridized carbons (Fsp3) is 0.111. The van der Waals surface area contributed by atoms with Gasteiger partial charge in [-0.2, -0.15) is 0 Å². The number of nitrogens with zero attached hydrogens (tertiary/aromatic N) is 1. The molecule has 0 aliphatic carbocycles. The summed E-state index contributed by atoms with van der Waals surface area (Å²) in [6.07, 6.45) is 1.62. The molecule has 0 unspecified atom stereocenters. The van der Waals surface area contributed by atoms with Gasteiger partial charge in [-0.15, -0.1) is 0 Å². The Hall–Kier alpha value is -2.92. The van der Waals surface area contributed by atoms with Crippen LogP contribution in [0.3, 0.4) is 0 Å². The van der Waals surface area contributed by atoms with E-state index in [1.807, 2.05) is 30.3 Å². The molecule has 5 nitrogen and oxygen atoms in total. The van der Waals surface area contributed by atoms with Gasteiger partial charge in [0.25, 0.3) is 0 Å². The standard InChI is InChI=1S/C18H16N2O3/c21-11-13-5-4-8-15(9-13)19-17(22)10-16-12-23-18(20-16)14-6-2-1-3-7-14/h1-9,12,21H,10-11H2,(H,19,22). The Morgan fingerprint density at radius 1 is 1.13 bits per heavy atom. The fourth-order valence-corrected chi connectivity index (χ4v) is 2.22. The lowest BCUT2D eigenvalue weighted by molar-refractivity contribution is -0.115. The number of aliphatic hydroxyl groups is 1. The lowest BCUT2D eigenvalue weighted by Gasteiger charge is -2.05. The second-order valence-electron chi connectivity index (χ2n) is 5.09. The fourth-order valence-electron chi connectivity index (χ4n) is 2.22. The number of anilines is 1. The number of carbonyl (C=O) groups excluding carboxylic acids is 1. The van der Waals surface area contributed by atoms with E-state index in [0.717, 1.165) is 11.1 Å². The smallest absolute Gasteiger partial charge is 0.230 e. The van der Waals surface area contributed by atoms with Crippen molar-refractivity contribution in [3.63, 3.8) is 0 Å². The van der Waals surface area contributed by atoms with Crippen LogP contribution in [-0.2, 0) is 17.8 Å². The molecule has 0 spiro atoms. The van der Waals surface area contributed by atoms with Crippen LogP contribution in [0.15, 0.2) is 65.3 Å². The Morgan fingerprint density at radius 3 is 2.74 bits per heavy atom. The van der Waals surface area contributed by atoms with Gasteiger partial charge in [-0.05, 0) is 29.8 Å². The number of oxazole rings is 1. The van der Waals surface area contributed by atoms with Crippen LogP contribution in [0.4, 0.5) is 5.69 Å². The summed E-state index contributed by atoms with van der Waals surface area (Å²) in [6.45, 7) is -0.0621. The molecule has 3 rings (SSSR count). The molecule has 0 bridgehead atoms. The van der Waals surface area contributed by atoms with Gasteiger partial charge in [0.15, 0.2) is 0 Å². The number of aliphatic hydroxyl groups excluding tert-OH is 1. The van der Waals surface area contributed by atoms with Crippen LogP contribution < -0.4 is 5.32 Å². The second kappa shape index (κ2) is 6.89. The van der Waals surface area contributed by atoms with Gasteiger partial charge in [-0.3, -0.25) is 4.79 Å². The van der Waals surface area contributed by atoms with Crippen molar-refractivity contribution in [2.24, 2.45) is 0 Å². The predicted molar refractivity (Wildman–Crippen MR) is 86.6 cm³/mol. The van der Waals surface area contributed by atoms with Crippen molar-refractivity contribution < 1.29 is 14.3 Å². The van der Waals surface area contributed by atoms with E-state index in [1.54, 1.807) is 24.3 Å². The first-order valence-corrected chi connectivity index (χ1v) is 7.24. The quantitative estimate of drug-likeness (QED) is 0.759. The van der Waals surface area contributed by atoms with Crippen LogP contribution >= 0.6 is 0 Å². The van der Waals surface area contributed by atoms with Gasteiger partial charge in [0.05, 0.1) is 18.7 Å². The molecule has 0 fully saturated rings. The number of carbonyl (C=O) groups is 1. The molecular weight excluding hydrogens is 292 g/mol. The zero-order valence-corrected chi connectivity index (χ0v) is 12.4. The minimum Gasteiger partial charge on any atom is -0.444 e. The second-order valence-corrected chi connectivity index (χ2v) is 5.09. The van der Waals surface area contributed by atoms with E-state index in [0.29, 0.717) is 17.3 Å². The normalized spacial score (nSPS) is 10.5. The summed E-state index contributed by atoms with van der Waals surface area (Å²) >= 11 is 0. The number of hydrogen-bond donors (Lipinski definition) is 2. The topological polar surface area (TPSA) is 75.4 Å². The summed E-state index contributed by atoms with van der Waals surface area (Å²) in [5.41, 5.74) is 2.83. The molecule has 0 radical (unpaired) electrons. The first-order chi connectivity index (χ1) is 11.2. The molecule has 3 aromatic rings. The van der Waals surface area contributed by atoms with Crippen molar-refractivity contribution >= 4 is 11.6 Å². The third-order valence-corrected chi connectivity index (χ3v) is 3.31. The first kappa shape index (κ1) is 15.0. The van der Waals surface area contributed by atoms with Gasteiger partial charge in [-0.25, -0.2) is 4.98 Å². The van der Waals surface area contributed by atoms with E-state index >= 15 is 0 Å². The lowest BCUT2D eigenvalue weighted by atomic mass is 10.2. The average molecular weight is 308 g/mol. The van der Waals surface area contributed by atoms with Crippen LogP contribution in [0.5, 0.6) is 0 Å². The lowest BCUT2D eigenvalue weighted by Crippen LogP contribution is -2.14. The number of benzene rings is 2. The highest BCUT2D eigenvalue weighted by Crippen LogP contribution is 2.18. The van der Waals surface area contributed by atoms with Crippen molar-refractivity contribution in [3.8, 4) is 11.5 Å². The van der Waals surface area contributed by atoms with E-state index in [4.69, 9.17) is 9.52 Å². The zero-order chi connectivity index (χ0) is 16.1.